The molecular formula is C20H22Cl3N3O4S. The molecule has 0 aliphatic rings. The van der Waals surface area contributed by atoms with Crippen LogP contribution in [0.5, 0.6) is 0 Å². The van der Waals surface area contributed by atoms with Crippen molar-refractivity contribution >= 4 is 62.3 Å². The molecule has 2 rings (SSSR count). The SMILES string of the molecule is CNC(=O)C(C)N(Cc1ccc(Cl)cc1Cl)C(=O)CN(c1ccccc1Cl)S(C)(=O)=O. The Morgan fingerprint density at radius 1 is 1.06 bits per heavy atom. The van der Waals surface area contributed by atoms with Crippen molar-refractivity contribution in [2.24, 2.45) is 0 Å². The number of carbonyl (C=O) groups excluding carboxylic acids is 2. The summed E-state index contributed by atoms with van der Waals surface area (Å²) >= 11 is 18.3. The fraction of sp³-hybridized carbons (Fsp3) is 0.300. The molecule has 2 aromatic carbocycles. The number of anilines is 1. The number of nitrogens with zero attached hydrogens (tertiary/aromatic N) is 2. The van der Waals surface area contributed by atoms with E-state index in [1.54, 1.807) is 31.2 Å². The first-order chi connectivity index (χ1) is 14.5. The number of sulfonamides is 1. The maximum absolute atomic E-state index is 13.3. The lowest BCUT2D eigenvalue weighted by atomic mass is 10.1. The molecule has 0 aliphatic carbocycles. The Kier molecular flexibility index (Phi) is 8.59. The van der Waals surface area contributed by atoms with Crippen LogP contribution in [0.3, 0.4) is 0 Å². The summed E-state index contributed by atoms with van der Waals surface area (Å²) < 4.78 is 25.8. The molecule has 11 heteroatoms. The smallest absolute Gasteiger partial charge is 0.244 e. The van der Waals surface area contributed by atoms with Gasteiger partial charge in [0.2, 0.25) is 21.8 Å². The van der Waals surface area contributed by atoms with Crippen molar-refractivity contribution in [3.63, 3.8) is 0 Å². The molecule has 1 unspecified atom stereocenters. The molecule has 0 saturated carbocycles. The van der Waals surface area contributed by atoms with Gasteiger partial charge in [-0.3, -0.25) is 13.9 Å². The zero-order chi connectivity index (χ0) is 23.3. The van der Waals surface area contributed by atoms with Crippen LogP contribution >= 0.6 is 34.8 Å². The summed E-state index contributed by atoms with van der Waals surface area (Å²) in [5.41, 5.74) is 0.718. The third-order valence-corrected chi connectivity index (χ3v) is 6.60. The van der Waals surface area contributed by atoms with Gasteiger partial charge in [-0.05, 0) is 36.8 Å². The Morgan fingerprint density at radius 2 is 1.71 bits per heavy atom. The van der Waals surface area contributed by atoms with Gasteiger partial charge in [0, 0.05) is 23.6 Å². The lowest BCUT2D eigenvalue weighted by molar-refractivity contribution is -0.139. The van der Waals surface area contributed by atoms with Gasteiger partial charge in [0.1, 0.15) is 12.6 Å². The van der Waals surface area contributed by atoms with Crippen molar-refractivity contribution in [1.82, 2.24) is 10.2 Å². The Bertz CT molecular complexity index is 1080. The number of rotatable bonds is 8. The van der Waals surface area contributed by atoms with Gasteiger partial charge in [0.25, 0.3) is 0 Å². The van der Waals surface area contributed by atoms with E-state index in [0.717, 1.165) is 10.6 Å². The van der Waals surface area contributed by atoms with Crippen LogP contribution in [0.2, 0.25) is 15.1 Å². The lowest BCUT2D eigenvalue weighted by Gasteiger charge is -2.31. The molecule has 1 N–H and O–H groups in total. The van der Waals surface area contributed by atoms with E-state index in [2.05, 4.69) is 5.32 Å². The van der Waals surface area contributed by atoms with Crippen LogP contribution in [-0.2, 0) is 26.2 Å². The van der Waals surface area contributed by atoms with Crippen molar-refractivity contribution in [3.8, 4) is 0 Å². The van der Waals surface area contributed by atoms with Gasteiger partial charge in [0.15, 0.2) is 0 Å². The number of para-hydroxylation sites is 1. The van der Waals surface area contributed by atoms with E-state index in [-0.39, 0.29) is 17.3 Å². The fourth-order valence-electron chi connectivity index (χ4n) is 2.87. The van der Waals surface area contributed by atoms with Gasteiger partial charge >= 0.3 is 0 Å². The number of amides is 2. The number of nitrogens with one attached hydrogen (secondary N) is 1. The van der Waals surface area contributed by atoms with Crippen molar-refractivity contribution < 1.29 is 18.0 Å². The summed E-state index contributed by atoms with van der Waals surface area (Å²) in [6, 6.07) is 10.2. The van der Waals surface area contributed by atoms with Crippen LogP contribution < -0.4 is 9.62 Å². The van der Waals surface area contributed by atoms with Crippen LogP contribution in [-0.4, -0.2) is 51.0 Å². The van der Waals surface area contributed by atoms with E-state index in [1.165, 1.54) is 30.1 Å². The normalized spacial score (nSPS) is 12.2. The molecule has 0 saturated heterocycles. The Balaban J connectivity index is 2.43. The van der Waals surface area contributed by atoms with Crippen LogP contribution in [0.15, 0.2) is 42.5 Å². The molecule has 1 atom stereocenters. The van der Waals surface area contributed by atoms with E-state index in [0.29, 0.717) is 15.6 Å². The molecule has 31 heavy (non-hydrogen) atoms. The zero-order valence-corrected chi connectivity index (χ0v) is 20.2. The molecule has 2 amide bonds. The number of halogens is 3. The second kappa shape index (κ2) is 10.5. The first kappa shape index (κ1) is 25.3. The van der Waals surface area contributed by atoms with Crippen molar-refractivity contribution in [1.29, 1.82) is 0 Å². The summed E-state index contributed by atoms with van der Waals surface area (Å²) in [5, 5.41) is 3.41. The molecule has 0 aromatic heterocycles. The Morgan fingerprint density at radius 3 is 2.26 bits per heavy atom. The molecule has 0 spiro atoms. The van der Waals surface area contributed by atoms with E-state index < -0.39 is 34.4 Å². The Hall–Kier alpha value is -2.00. The largest absolute Gasteiger partial charge is 0.357 e. The van der Waals surface area contributed by atoms with Gasteiger partial charge in [-0.2, -0.15) is 0 Å². The minimum atomic E-state index is -3.85. The maximum atomic E-state index is 13.3. The molecule has 0 heterocycles. The third-order valence-electron chi connectivity index (χ3n) is 4.57. The predicted molar refractivity (Wildman–Crippen MR) is 124 cm³/mol. The fourth-order valence-corrected chi connectivity index (χ4v) is 4.49. The van der Waals surface area contributed by atoms with Crippen molar-refractivity contribution in [2.75, 3.05) is 24.2 Å². The van der Waals surface area contributed by atoms with E-state index >= 15 is 0 Å². The number of hydrogen-bond donors (Lipinski definition) is 1. The van der Waals surface area contributed by atoms with Crippen LogP contribution in [0.1, 0.15) is 12.5 Å². The molecule has 0 bridgehead atoms. The molecule has 7 nitrogen and oxygen atoms in total. The van der Waals surface area contributed by atoms with Gasteiger partial charge in [0.05, 0.1) is 17.0 Å². The number of likely N-dealkylation sites (N-methyl/N-ethyl adjacent to an activating group) is 1. The molecule has 0 aliphatic heterocycles. The first-order valence-corrected chi connectivity index (χ1v) is 12.1. The van der Waals surface area contributed by atoms with Crippen LogP contribution in [0, 0.1) is 0 Å². The van der Waals surface area contributed by atoms with Crippen LogP contribution in [0.25, 0.3) is 0 Å². The van der Waals surface area contributed by atoms with Crippen LogP contribution in [0.4, 0.5) is 5.69 Å². The second-order valence-corrected chi connectivity index (χ2v) is 9.93. The number of carbonyl (C=O) groups is 2. The van der Waals surface area contributed by atoms with Crippen molar-refractivity contribution in [3.05, 3.63) is 63.1 Å². The predicted octanol–water partition coefficient (Wildman–Crippen LogP) is 3.58. The highest BCUT2D eigenvalue weighted by Gasteiger charge is 2.30. The second-order valence-electron chi connectivity index (χ2n) is 6.77. The average Bonchev–Trinajstić information content (AvgIpc) is 2.70. The summed E-state index contributed by atoms with van der Waals surface area (Å²) in [5.74, 6) is -1.02. The zero-order valence-electron chi connectivity index (χ0n) is 17.1. The quantitative estimate of drug-likeness (QED) is 0.593. The minimum absolute atomic E-state index is 0.0243. The molecule has 168 valence electrons. The van der Waals surface area contributed by atoms with E-state index in [1.807, 2.05) is 0 Å². The minimum Gasteiger partial charge on any atom is -0.357 e. The number of benzene rings is 2. The highest BCUT2D eigenvalue weighted by atomic mass is 35.5. The van der Waals surface area contributed by atoms with E-state index in [9.17, 15) is 18.0 Å². The summed E-state index contributed by atoms with van der Waals surface area (Å²) in [6.07, 6.45) is 0.978. The molecule has 0 radical (unpaired) electrons. The average molecular weight is 507 g/mol. The third kappa shape index (κ3) is 6.49. The van der Waals surface area contributed by atoms with Gasteiger partial charge in [-0.15, -0.1) is 0 Å². The Labute approximate surface area is 196 Å². The monoisotopic (exact) mass is 505 g/mol. The summed E-state index contributed by atoms with van der Waals surface area (Å²) in [4.78, 5) is 26.8. The van der Waals surface area contributed by atoms with Gasteiger partial charge in [-0.1, -0.05) is 53.0 Å². The topological polar surface area (TPSA) is 86.8 Å². The van der Waals surface area contributed by atoms with Crippen molar-refractivity contribution in [2.45, 2.75) is 19.5 Å². The molecule has 0 fully saturated rings. The standard InChI is InChI=1S/C20H22Cl3N3O4S/c1-13(20(28)24-2)25(11-14-8-9-15(21)10-17(14)23)19(27)12-26(31(3,29)30)18-7-5-4-6-16(18)22/h4-10,13H,11-12H2,1-3H3,(H,24,28). The van der Waals surface area contributed by atoms with E-state index in [4.69, 9.17) is 34.8 Å². The summed E-state index contributed by atoms with van der Waals surface area (Å²) in [7, 11) is -2.40. The number of hydrogen-bond acceptors (Lipinski definition) is 4. The molecular weight excluding hydrogens is 485 g/mol. The van der Waals surface area contributed by atoms with Gasteiger partial charge < -0.3 is 10.2 Å². The lowest BCUT2D eigenvalue weighted by Crippen LogP contribution is -2.50. The highest BCUT2D eigenvalue weighted by molar-refractivity contribution is 7.92. The maximum Gasteiger partial charge on any atom is 0.244 e. The molecule has 2 aromatic rings. The van der Waals surface area contributed by atoms with Gasteiger partial charge in [-0.25, -0.2) is 8.42 Å². The summed E-state index contributed by atoms with van der Waals surface area (Å²) in [6.45, 7) is 0.972. The highest BCUT2D eigenvalue weighted by Crippen LogP contribution is 2.28. The first-order valence-electron chi connectivity index (χ1n) is 9.13.